The molecule has 0 saturated carbocycles. The Morgan fingerprint density at radius 1 is 0.889 bits per heavy atom. The first-order valence-corrected chi connectivity index (χ1v) is 6.97. The number of carbonyl (C=O) groups is 2. The number of hydrogen-bond acceptors (Lipinski definition) is 2. The topological polar surface area (TPSA) is 34.1 Å². The van der Waals surface area contributed by atoms with E-state index in [1.807, 2.05) is 0 Å². The van der Waals surface area contributed by atoms with Crippen molar-refractivity contribution in [1.29, 1.82) is 0 Å². The maximum absolute atomic E-state index is 12.0. The van der Waals surface area contributed by atoms with Crippen LogP contribution < -0.4 is 0 Å². The first-order chi connectivity index (χ1) is 8.81. The molecule has 1 aromatic carbocycles. The fourth-order valence-corrected chi connectivity index (χ4v) is 3.50. The number of hydrogen-bond donors (Lipinski definition) is 0. The van der Waals surface area contributed by atoms with Gasteiger partial charge in [0.25, 0.3) is 0 Å². The summed E-state index contributed by atoms with van der Waals surface area (Å²) < 4.78 is 0. The number of carbonyl (C=O) groups excluding carboxylic acids is 2. The summed E-state index contributed by atoms with van der Waals surface area (Å²) >= 11 is 0. The summed E-state index contributed by atoms with van der Waals surface area (Å²) in [6.45, 7) is 0. The van der Waals surface area contributed by atoms with Crippen LogP contribution >= 0.6 is 0 Å². The van der Waals surface area contributed by atoms with Crippen LogP contribution in [0.1, 0.15) is 58.3 Å². The van der Waals surface area contributed by atoms with E-state index in [9.17, 15) is 9.59 Å². The SMILES string of the molecule is O=CC(=O)c1c2c(cc3c1CCCC3)CCCC2. The van der Waals surface area contributed by atoms with Crippen molar-refractivity contribution in [2.45, 2.75) is 51.4 Å². The Morgan fingerprint density at radius 3 is 1.89 bits per heavy atom. The molecule has 0 unspecified atom stereocenters. The summed E-state index contributed by atoms with van der Waals surface area (Å²) in [4.78, 5) is 22.9. The van der Waals surface area contributed by atoms with Crippen molar-refractivity contribution in [3.63, 3.8) is 0 Å². The summed E-state index contributed by atoms with van der Waals surface area (Å²) in [5.41, 5.74) is 5.79. The standard InChI is InChI=1S/C16H18O2/c17-10-15(18)16-13-7-3-1-5-11(13)9-12-6-2-4-8-14(12)16/h9-10H,1-8H2. The van der Waals surface area contributed by atoms with E-state index < -0.39 is 0 Å². The zero-order valence-electron chi connectivity index (χ0n) is 10.6. The Labute approximate surface area is 107 Å². The van der Waals surface area contributed by atoms with Gasteiger partial charge in [-0.15, -0.1) is 0 Å². The molecule has 0 radical (unpaired) electrons. The second kappa shape index (κ2) is 4.68. The predicted octanol–water partition coefficient (Wildman–Crippen LogP) is 2.83. The smallest absolute Gasteiger partial charge is 0.225 e. The van der Waals surface area contributed by atoms with Crippen molar-refractivity contribution in [3.05, 3.63) is 33.9 Å². The molecule has 0 fully saturated rings. The first-order valence-electron chi connectivity index (χ1n) is 6.97. The molecular formula is C16H18O2. The largest absolute Gasteiger partial charge is 0.294 e. The first kappa shape index (κ1) is 11.6. The van der Waals surface area contributed by atoms with E-state index in [0.29, 0.717) is 6.29 Å². The molecule has 1 aromatic rings. The highest BCUT2D eigenvalue weighted by Crippen LogP contribution is 2.33. The van der Waals surface area contributed by atoms with Crippen LogP contribution in [0.3, 0.4) is 0 Å². The van der Waals surface area contributed by atoms with Gasteiger partial charge in [0.05, 0.1) is 0 Å². The molecule has 0 amide bonds. The van der Waals surface area contributed by atoms with Crippen molar-refractivity contribution in [3.8, 4) is 0 Å². The summed E-state index contributed by atoms with van der Waals surface area (Å²) in [6, 6.07) is 2.31. The predicted molar refractivity (Wildman–Crippen MR) is 70.1 cm³/mol. The molecule has 0 saturated heterocycles. The van der Waals surface area contributed by atoms with Crippen LogP contribution in [0.15, 0.2) is 6.07 Å². The normalized spacial score (nSPS) is 17.8. The average Bonchev–Trinajstić information content (AvgIpc) is 2.44. The molecule has 0 aliphatic heterocycles. The average molecular weight is 242 g/mol. The van der Waals surface area contributed by atoms with Crippen molar-refractivity contribution in [1.82, 2.24) is 0 Å². The Hall–Kier alpha value is -1.44. The van der Waals surface area contributed by atoms with Crippen LogP contribution in [-0.4, -0.2) is 12.1 Å². The highest BCUT2D eigenvalue weighted by Gasteiger charge is 2.25. The van der Waals surface area contributed by atoms with Gasteiger partial charge in [-0.2, -0.15) is 0 Å². The van der Waals surface area contributed by atoms with Gasteiger partial charge in [0, 0.05) is 5.56 Å². The molecule has 0 spiro atoms. The minimum absolute atomic E-state index is 0.299. The molecule has 94 valence electrons. The van der Waals surface area contributed by atoms with E-state index in [1.165, 1.54) is 35.1 Å². The monoisotopic (exact) mass is 242 g/mol. The van der Waals surface area contributed by atoms with Crippen LogP contribution in [0, 0.1) is 0 Å². The van der Waals surface area contributed by atoms with E-state index in [2.05, 4.69) is 6.07 Å². The molecular weight excluding hydrogens is 224 g/mol. The van der Waals surface area contributed by atoms with E-state index in [4.69, 9.17) is 0 Å². The van der Waals surface area contributed by atoms with Crippen LogP contribution in [0.25, 0.3) is 0 Å². The molecule has 2 aliphatic rings. The van der Waals surface area contributed by atoms with Crippen molar-refractivity contribution in [2.24, 2.45) is 0 Å². The second-order valence-corrected chi connectivity index (χ2v) is 5.42. The highest BCUT2D eigenvalue weighted by molar-refractivity contribution is 6.34. The summed E-state index contributed by atoms with van der Waals surface area (Å²) in [5.74, 6) is -0.299. The maximum atomic E-state index is 12.0. The second-order valence-electron chi connectivity index (χ2n) is 5.42. The van der Waals surface area contributed by atoms with Gasteiger partial charge in [-0.05, 0) is 73.6 Å². The minimum atomic E-state index is -0.299. The van der Waals surface area contributed by atoms with Gasteiger partial charge in [0.1, 0.15) is 0 Å². The molecule has 2 heteroatoms. The molecule has 2 nitrogen and oxygen atoms in total. The van der Waals surface area contributed by atoms with Crippen molar-refractivity contribution < 1.29 is 9.59 Å². The zero-order chi connectivity index (χ0) is 12.5. The number of fused-ring (bicyclic) bond motifs is 2. The molecule has 0 N–H and O–H groups in total. The molecule has 0 bridgehead atoms. The quantitative estimate of drug-likeness (QED) is 0.454. The van der Waals surface area contributed by atoms with E-state index in [-0.39, 0.29) is 5.78 Å². The zero-order valence-corrected chi connectivity index (χ0v) is 10.6. The lowest BCUT2D eigenvalue weighted by molar-refractivity contribution is -0.104. The van der Waals surface area contributed by atoms with E-state index in [0.717, 1.165) is 44.1 Å². The summed E-state index contributed by atoms with van der Waals surface area (Å²) in [5, 5.41) is 0. The number of Topliss-reactive ketones (excluding diaryl/α,β-unsaturated/α-hetero) is 1. The third kappa shape index (κ3) is 1.80. The lowest BCUT2D eigenvalue weighted by Crippen LogP contribution is -2.18. The van der Waals surface area contributed by atoms with Crippen LogP contribution in [0.5, 0.6) is 0 Å². The Kier molecular flexibility index (Phi) is 3.02. The molecule has 0 atom stereocenters. The van der Waals surface area contributed by atoms with Crippen LogP contribution in [-0.2, 0) is 30.5 Å². The molecule has 0 aromatic heterocycles. The third-order valence-electron chi connectivity index (χ3n) is 4.33. The fourth-order valence-electron chi connectivity index (χ4n) is 3.50. The summed E-state index contributed by atoms with van der Waals surface area (Å²) in [6.07, 6.45) is 9.29. The Bertz CT molecular complexity index is 480. The molecule has 3 rings (SSSR count). The lowest BCUT2D eigenvalue weighted by Gasteiger charge is -2.26. The number of rotatable bonds is 2. The lowest BCUT2D eigenvalue weighted by atomic mass is 9.78. The van der Waals surface area contributed by atoms with Crippen LogP contribution in [0.2, 0.25) is 0 Å². The highest BCUT2D eigenvalue weighted by atomic mass is 16.2. The minimum Gasteiger partial charge on any atom is -0.294 e. The Balaban J connectivity index is 2.23. The maximum Gasteiger partial charge on any atom is 0.225 e. The van der Waals surface area contributed by atoms with Crippen LogP contribution in [0.4, 0.5) is 0 Å². The molecule has 0 heterocycles. The third-order valence-corrected chi connectivity index (χ3v) is 4.33. The molecule has 2 aliphatic carbocycles. The van der Waals surface area contributed by atoms with Gasteiger partial charge in [-0.25, -0.2) is 0 Å². The van der Waals surface area contributed by atoms with Gasteiger partial charge >= 0.3 is 0 Å². The number of ketones is 1. The van der Waals surface area contributed by atoms with Gasteiger partial charge in [0.2, 0.25) is 5.78 Å². The van der Waals surface area contributed by atoms with Gasteiger partial charge < -0.3 is 0 Å². The Morgan fingerprint density at radius 2 is 1.39 bits per heavy atom. The van der Waals surface area contributed by atoms with Gasteiger partial charge in [-0.1, -0.05) is 6.07 Å². The fraction of sp³-hybridized carbons (Fsp3) is 0.500. The number of benzene rings is 1. The summed E-state index contributed by atoms with van der Waals surface area (Å²) in [7, 11) is 0. The van der Waals surface area contributed by atoms with Gasteiger partial charge in [0.15, 0.2) is 6.29 Å². The number of aldehydes is 1. The molecule has 18 heavy (non-hydrogen) atoms. The van der Waals surface area contributed by atoms with E-state index in [1.54, 1.807) is 0 Å². The van der Waals surface area contributed by atoms with E-state index >= 15 is 0 Å². The number of aryl methyl sites for hydroxylation is 2. The van der Waals surface area contributed by atoms with Gasteiger partial charge in [-0.3, -0.25) is 9.59 Å². The van der Waals surface area contributed by atoms with Crippen molar-refractivity contribution >= 4 is 12.1 Å². The van der Waals surface area contributed by atoms with Crippen molar-refractivity contribution in [2.75, 3.05) is 0 Å².